The van der Waals surface area contributed by atoms with E-state index in [1.807, 2.05) is 0 Å². The molecule has 0 atom stereocenters. The number of sulfone groups is 1. The molecule has 1 aliphatic heterocycles. The molecule has 0 unspecified atom stereocenters. The summed E-state index contributed by atoms with van der Waals surface area (Å²) in [6.45, 7) is 2.18. The molecule has 0 aromatic heterocycles. The molecule has 0 amide bonds. The second-order valence-electron chi connectivity index (χ2n) is 4.53. The van der Waals surface area contributed by atoms with Crippen molar-refractivity contribution in [1.29, 1.82) is 0 Å². The molecule has 4 heteroatoms. The van der Waals surface area contributed by atoms with Gasteiger partial charge in [0, 0.05) is 0 Å². The van der Waals surface area contributed by atoms with Crippen molar-refractivity contribution in [3.63, 3.8) is 0 Å². The monoisotopic (exact) mass is 224 g/mol. The third-order valence-electron chi connectivity index (χ3n) is 3.01. The fourth-order valence-electron chi connectivity index (χ4n) is 2.68. The van der Waals surface area contributed by atoms with E-state index in [0.717, 1.165) is 0 Å². The fourth-order valence-corrected chi connectivity index (χ4v) is 12.7. The Morgan fingerprint density at radius 2 is 1.77 bits per heavy atom. The van der Waals surface area contributed by atoms with Gasteiger partial charge < -0.3 is 0 Å². The summed E-state index contributed by atoms with van der Waals surface area (Å²) in [5, 5.41) is 0. The predicted octanol–water partition coefficient (Wildman–Crippen LogP) is 1.94. The van der Waals surface area contributed by atoms with Gasteiger partial charge in [-0.15, -0.1) is 0 Å². The standard InChI is InChI=1S/C9H21O2PS/c1-3-6-12(7-4-5-8-12)9-13(2,10)11/h12H,3-9H2,1-2H3. The van der Waals surface area contributed by atoms with Gasteiger partial charge in [-0.1, -0.05) is 0 Å². The Balaban J connectivity index is 2.67. The number of hydrogen-bond donors (Lipinski definition) is 0. The molecule has 0 radical (unpaired) electrons. The molecule has 0 aromatic carbocycles. The van der Waals surface area contributed by atoms with Crippen LogP contribution in [0.5, 0.6) is 0 Å². The van der Waals surface area contributed by atoms with Crippen LogP contribution in [-0.2, 0) is 9.84 Å². The summed E-state index contributed by atoms with van der Waals surface area (Å²) in [5.41, 5.74) is 0.549. The Kier molecular flexibility index (Phi) is 3.76. The molecule has 0 aliphatic carbocycles. The molecule has 13 heavy (non-hydrogen) atoms. The van der Waals surface area contributed by atoms with E-state index in [1.54, 1.807) is 0 Å². The van der Waals surface area contributed by atoms with E-state index in [-0.39, 0.29) is 0 Å². The second-order valence-corrected chi connectivity index (χ2v) is 12.0. The molecule has 2 nitrogen and oxygen atoms in total. The summed E-state index contributed by atoms with van der Waals surface area (Å²) in [5.74, 6) is 0. The van der Waals surface area contributed by atoms with Crippen molar-refractivity contribution in [3.8, 4) is 0 Å². The third-order valence-corrected chi connectivity index (χ3v) is 11.9. The van der Waals surface area contributed by atoms with Gasteiger partial charge in [-0.2, -0.15) is 0 Å². The van der Waals surface area contributed by atoms with E-state index in [9.17, 15) is 8.42 Å². The van der Waals surface area contributed by atoms with Gasteiger partial charge in [0.15, 0.2) is 0 Å². The van der Waals surface area contributed by atoms with Gasteiger partial charge in [0.05, 0.1) is 0 Å². The molecular weight excluding hydrogens is 203 g/mol. The van der Waals surface area contributed by atoms with Crippen LogP contribution < -0.4 is 0 Å². The van der Waals surface area contributed by atoms with Crippen LogP contribution in [0.3, 0.4) is 0 Å². The zero-order valence-corrected chi connectivity index (χ0v) is 10.5. The van der Waals surface area contributed by atoms with Crippen LogP contribution in [0, 0.1) is 0 Å². The van der Waals surface area contributed by atoms with E-state index < -0.39 is 17.1 Å². The number of rotatable bonds is 4. The van der Waals surface area contributed by atoms with Crippen molar-refractivity contribution in [2.75, 3.05) is 30.2 Å². The van der Waals surface area contributed by atoms with Crippen LogP contribution >= 0.6 is 7.26 Å². The Labute approximate surface area is 82.4 Å². The zero-order chi connectivity index (χ0) is 9.95. The average molecular weight is 224 g/mol. The predicted molar refractivity (Wildman–Crippen MR) is 62.2 cm³/mol. The van der Waals surface area contributed by atoms with Gasteiger partial charge >= 0.3 is 81.9 Å². The van der Waals surface area contributed by atoms with Crippen LogP contribution in [0.25, 0.3) is 0 Å². The molecule has 1 rings (SSSR count). The van der Waals surface area contributed by atoms with Crippen molar-refractivity contribution < 1.29 is 8.42 Å². The summed E-state index contributed by atoms with van der Waals surface area (Å²) in [6, 6.07) is 0. The summed E-state index contributed by atoms with van der Waals surface area (Å²) in [7, 11) is -4.08. The molecule has 0 spiro atoms. The Bertz CT molecular complexity index is 253. The quantitative estimate of drug-likeness (QED) is 0.684. The Hall–Kier alpha value is 0.380. The molecule has 0 bridgehead atoms. The van der Waals surface area contributed by atoms with Gasteiger partial charge in [-0.3, -0.25) is 0 Å². The van der Waals surface area contributed by atoms with Crippen LogP contribution in [0.1, 0.15) is 26.2 Å². The maximum atomic E-state index is 11.3. The third kappa shape index (κ3) is 3.55. The first-order valence-corrected chi connectivity index (χ1v) is 10.0. The number of hydrogen-bond acceptors (Lipinski definition) is 2. The Morgan fingerprint density at radius 3 is 2.15 bits per heavy atom. The van der Waals surface area contributed by atoms with Crippen molar-refractivity contribution in [2.45, 2.75) is 26.2 Å². The SMILES string of the molecule is CCC[PH]1(CS(C)(=O)=O)CCCC1. The first-order valence-electron chi connectivity index (χ1n) is 5.15. The van der Waals surface area contributed by atoms with E-state index >= 15 is 0 Å². The van der Waals surface area contributed by atoms with Gasteiger partial charge in [0.25, 0.3) is 0 Å². The van der Waals surface area contributed by atoms with E-state index in [1.165, 1.54) is 44.0 Å². The van der Waals surface area contributed by atoms with Gasteiger partial charge in [0.1, 0.15) is 0 Å². The van der Waals surface area contributed by atoms with Crippen LogP contribution in [0.4, 0.5) is 0 Å². The molecule has 80 valence electrons. The van der Waals surface area contributed by atoms with Crippen molar-refractivity contribution in [1.82, 2.24) is 0 Å². The molecule has 0 saturated carbocycles. The first kappa shape index (κ1) is 11.5. The summed E-state index contributed by atoms with van der Waals surface area (Å²) in [6.07, 6.45) is 8.86. The second kappa shape index (κ2) is 4.27. The van der Waals surface area contributed by atoms with Crippen molar-refractivity contribution in [2.24, 2.45) is 0 Å². The molecule has 1 aliphatic rings. The maximum absolute atomic E-state index is 11.3. The topological polar surface area (TPSA) is 34.1 Å². The van der Waals surface area contributed by atoms with Gasteiger partial charge in [-0.25, -0.2) is 0 Å². The van der Waals surface area contributed by atoms with E-state index in [4.69, 9.17) is 0 Å². The summed E-state index contributed by atoms with van der Waals surface area (Å²) >= 11 is 0. The average Bonchev–Trinajstić information content (AvgIpc) is 2.33. The minimum atomic E-state index is -2.73. The molecule has 0 N–H and O–H groups in total. The molecule has 1 heterocycles. The van der Waals surface area contributed by atoms with Crippen LogP contribution in [0.15, 0.2) is 0 Å². The van der Waals surface area contributed by atoms with Gasteiger partial charge in [-0.05, 0) is 0 Å². The first-order chi connectivity index (χ1) is 5.97. The van der Waals surface area contributed by atoms with Crippen molar-refractivity contribution >= 4 is 17.1 Å². The summed E-state index contributed by atoms with van der Waals surface area (Å²) in [4.78, 5) is 0. The van der Waals surface area contributed by atoms with Gasteiger partial charge in [0.2, 0.25) is 0 Å². The minimum absolute atomic E-state index is 0.549. The molecule has 1 fully saturated rings. The van der Waals surface area contributed by atoms with Crippen LogP contribution in [-0.4, -0.2) is 38.7 Å². The Morgan fingerprint density at radius 1 is 1.23 bits per heavy atom. The van der Waals surface area contributed by atoms with E-state index in [2.05, 4.69) is 6.92 Å². The van der Waals surface area contributed by atoms with Crippen molar-refractivity contribution in [3.05, 3.63) is 0 Å². The fraction of sp³-hybridized carbons (Fsp3) is 1.00. The van der Waals surface area contributed by atoms with E-state index in [0.29, 0.717) is 5.49 Å². The zero-order valence-electron chi connectivity index (χ0n) is 8.67. The summed E-state index contributed by atoms with van der Waals surface area (Å²) < 4.78 is 22.6. The normalized spacial score (nSPS) is 24.5. The molecule has 1 saturated heterocycles. The van der Waals surface area contributed by atoms with Crippen LogP contribution in [0.2, 0.25) is 0 Å². The molecule has 0 aromatic rings. The molecular formula is C9H21O2PS.